The van der Waals surface area contributed by atoms with Crippen molar-refractivity contribution in [3.8, 4) is 0 Å². The predicted molar refractivity (Wildman–Crippen MR) is 48.8 cm³/mol. The highest BCUT2D eigenvalue weighted by atomic mass is 31.2. The second-order valence-corrected chi connectivity index (χ2v) is 4.03. The Hall–Kier alpha value is -0.680. The van der Waals surface area contributed by atoms with Gasteiger partial charge in [0.05, 0.1) is 13.2 Å². The molecule has 1 aliphatic heterocycles. The van der Waals surface area contributed by atoms with Crippen molar-refractivity contribution in [2.75, 3.05) is 13.2 Å². The number of hydrogen-bond acceptors (Lipinski definition) is 4. The highest BCUT2D eigenvalue weighted by molar-refractivity contribution is 7.47. The van der Waals surface area contributed by atoms with Crippen LogP contribution in [-0.2, 0) is 18.4 Å². The van der Waals surface area contributed by atoms with Crippen LogP contribution < -0.4 is 0 Å². The number of phosphoric ester groups is 1. The first-order chi connectivity index (χ1) is 6.35. The van der Waals surface area contributed by atoms with Crippen molar-refractivity contribution in [2.45, 2.75) is 13.3 Å². The molecule has 0 unspecified atom stereocenters. The molecule has 0 radical (unpaired) electrons. The van der Waals surface area contributed by atoms with E-state index in [4.69, 9.17) is 10.00 Å². The maximum Gasteiger partial charge on any atom is 0.472 e. The summed E-state index contributed by atoms with van der Waals surface area (Å²) in [6.45, 7) is 5.26. The summed E-state index contributed by atoms with van der Waals surface area (Å²) in [5.41, 5.74) is 0.176. The van der Waals surface area contributed by atoms with Gasteiger partial charge in [-0.15, -0.1) is 0 Å². The number of phosphoric acid groups is 1. The molecule has 0 amide bonds. The molecule has 0 saturated carbocycles. The van der Waals surface area contributed by atoms with E-state index in [1.54, 1.807) is 0 Å². The third-order valence-corrected chi connectivity index (χ3v) is 2.18. The zero-order valence-corrected chi connectivity index (χ0v) is 8.70. The molecule has 0 aliphatic carbocycles. The minimum Gasteiger partial charge on any atom is -0.478 e. The fourth-order valence-corrected chi connectivity index (χ4v) is 1.25. The molecule has 1 fully saturated rings. The summed E-state index contributed by atoms with van der Waals surface area (Å²) in [6, 6.07) is 0. The highest BCUT2D eigenvalue weighted by Gasteiger charge is 2.23. The number of aliphatic carboxylic acids is 1. The number of carboxylic acids is 1. The van der Waals surface area contributed by atoms with Gasteiger partial charge < -0.3 is 10.00 Å². The number of rotatable bonds is 1. The first-order valence-electron chi connectivity index (χ1n) is 3.86. The summed E-state index contributed by atoms with van der Waals surface area (Å²) in [4.78, 5) is 18.1. The van der Waals surface area contributed by atoms with Crippen LogP contribution in [0.3, 0.4) is 0 Å². The Morgan fingerprint density at radius 2 is 1.79 bits per heavy atom. The number of carbonyl (C=O) groups is 1. The van der Waals surface area contributed by atoms with Crippen molar-refractivity contribution in [1.82, 2.24) is 0 Å². The lowest BCUT2D eigenvalue weighted by atomic mass is 10.4. The molecule has 0 aromatic carbocycles. The van der Waals surface area contributed by atoms with Gasteiger partial charge in [-0.05, 0) is 13.3 Å². The highest BCUT2D eigenvalue weighted by Crippen LogP contribution is 2.45. The van der Waals surface area contributed by atoms with E-state index in [1.807, 2.05) is 0 Å². The number of hydrogen-bond donors (Lipinski definition) is 2. The molecule has 6 nitrogen and oxygen atoms in total. The average Bonchev–Trinajstić information content (AvgIpc) is 2.04. The van der Waals surface area contributed by atoms with Crippen molar-refractivity contribution < 1.29 is 28.4 Å². The van der Waals surface area contributed by atoms with Gasteiger partial charge in [0, 0.05) is 5.57 Å². The molecular formula is C7H13O6P. The Morgan fingerprint density at radius 3 is 1.93 bits per heavy atom. The standard InChI is InChI=1S/C4H6O2.C3H7O4P/c1-3(2)4(5)6;4-8(5)6-2-1-3-7-8/h1H2,2H3,(H,5,6);1-3H2,(H,4,5). The zero-order chi connectivity index (χ0) is 11.2. The van der Waals surface area contributed by atoms with Gasteiger partial charge in [0.2, 0.25) is 0 Å². The van der Waals surface area contributed by atoms with Crippen molar-refractivity contribution in [1.29, 1.82) is 0 Å². The van der Waals surface area contributed by atoms with E-state index in [0.717, 1.165) is 0 Å². The smallest absolute Gasteiger partial charge is 0.472 e. The fourth-order valence-electron chi connectivity index (χ4n) is 0.456. The summed E-state index contributed by atoms with van der Waals surface area (Å²) in [5, 5.41) is 7.89. The molecule has 0 atom stereocenters. The third-order valence-electron chi connectivity index (χ3n) is 1.16. The molecule has 14 heavy (non-hydrogen) atoms. The van der Waals surface area contributed by atoms with Crippen LogP contribution in [0.1, 0.15) is 13.3 Å². The molecule has 82 valence electrons. The molecule has 1 rings (SSSR count). The lowest BCUT2D eigenvalue weighted by Gasteiger charge is -2.16. The molecule has 1 saturated heterocycles. The Bertz CT molecular complexity index is 239. The van der Waals surface area contributed by atoms with Crippen LogP contribution in [0.4, 0.5) is 0 Å². The summed E-state index contributed by atoms with van der Waals surface area (Å²) in [7, 11) is -3.59. The Kier molecular flexibility index (Phi) is 5.64. The molecule has 1 heterocycles. The maximum atomic E-state index is 10.3. The summed E-state index contributed by atoms with van der Waals surface area (Å²) < 4.78 is 19.1. The van der Waals surface area contributed by atoms with Crippen molar-refractivity contribution >= 4 is 13.8 Å². The van der Waals surface area contributed by atoms with Gasteiger partial charge in [0.25, 0.3) is 0 Å². The van der Waals surface area contributed by atoms with E-state index in [2.05, 4.69) is 15.6 Å². The molecule has 2 N–H and O–H groups in total. The Morgan fingerprint density at radius 1 is 1.43 bits per heavy atom. The average molecular weight is 224 g/mol. The number of carboxylic acid groups (broad SMARTS) is 1. The normalized spacial score (nSPS) is 19.0. The molecule has 0 bridgehead atoms. The fraction of sp³-hybridized carbons (Fsp3) is 0.571. The summed E-state index contributed by atoms with van der Waals surface area (Å²) in [5.74, 6) is -0.935. The molecular weight excluding hydrogens is 211 g/mol. The van der Waals surface area contributed by atoms with Gasteiger partial charge in [-0.1, -0.05) is 6.58 Å². The second-order valence-electron chi connectivity index (χ2n) is 2.57. The van der Waals surface area contributed by atoms with E-state index >= 15 is 0 Å². The largest absolute Gasteiger partial charge is 0.478 e. The molecule has 7 heteroatoms. The van der Waals surface area contributed by atoms with Gasteiger partial charge in [-0.3, -0.25) is 9.05 Å². The van der Waals surface area contributed by atoms with Crippen LogP contribution >= 0.6 is 7.82 Å². The first-order valence-corrected chi connectivity index (χ1v) is 5.35. The zero-order valence-electron chi connectivity index (χ0n) is 7.80. The third kappa shape index (κ3) is 6.80. The molecule has 0 aromatic rings. The van der Waals surface area contributed by atoms with Crippen molar-refractivity contribution in [3.63, 3.8) is 0 Å². The Balaban J connectivity index is 0.000000255. The first kappa shape index (κ1) is 13.3. The van der Waals surface area contributed by atoms with Crippen LogP contribution in [0.2, 0.25) is 0 Å². The topological polar surface area (TPSA) is 93.1 Å². The van der Waals surface area contributed by atoms with Gasteiger partial charge in [-0.2, -0.15) is 0 Å². The molecule has 0 aromatic heterocycles. The van der Waals surface area contributed by atoms with E-state index < -0.39 is 13.8 Å². The van der Waals surface area contributed by atoms with Crippen molar-refractivity contribution in [2.24, 2.45) is 0 Å². The summed E-state index contributed by atoms with van der Waals surface area (Å²) >= 11 is 0. The van der Waals surface area contributed by atoms with Crippen LogP contribution in [0, 0.1) is 0 Å². The van der Waals surface area contributed by atoms with Gasteiger partial charge >= 0.3 is 13.8 Å². The van der Waals surface area contributed by atoms with E-state index in [1.165, 1.54) is 6.92 Å². The van der Waals surface area contributed by atoms with E-state index in [-0.39, 0.29) is 5.57 Å². The SMILES string of the molecule is C=C(C)C(=O)O.O=P1(O)OCCCO1. The van der Waals surface area contributed by atoms with Gasteiger partial charge in [-0.25, -0.2) is 9.36 Å². The minimum absolute atomic E-state index is 0.176. The van der Waals surface area contributed by atoms with E-state index in [9.17, 15) is 9.36 Å². The molecule has 1 aliphatic rings. The molecule has 0 spiro atoms. The van der Waals surface area contributed by atoms with Crippen molar-refractivity contribution in [3.05, 3.63) is 12.2 Å². The maximum absolute atomic E-state index is 10.3. The van der Waals surface area contributed by atoms with Crippen LogP contribution in [0.15, 0.2) is 12.2 Å². The monoisotopic (exact) mass is 224 g/mol. The summed E-state index contributed by atoms with van der Waals surface area (Å²) in [6.07, 6.45) is 0.699. The second kappa shape index (κ2) is 5.93. The van der Waals surface area contributed by atoms with Crippen LogP contribution in [0.5, 0.6) is 0 Å². The van der Waals surface area contributed by atoms with E-state index in [0.29, 0.717) is 19.6 Å². The van der Waals surface area contributed by atoms with Crippen LogP contribution in [-0.4, -0.2) is 29.2 Å². The quantitative estimate of drug-likeness (QED) is 0.513. The van der Waals surface area contributed by atoms with Gasteiger partial charge in [0.1, 0.15) is 0 Å². The van der Waals surface area contributed by atoms with Gasteiger partial charge in [0.15, 0.2) is 0 Å². The Labute approximate surface area is 81.8 Å². The lowest BCUT2D eigenvalue weighted by molar-refractivity contribution is -0.132. The lowest BCUT2D eigenvalue weighted by Crippen LogP contribution is -2.06. The predicted octanol–water partition coefficient (Wildman–Crippen LogP) is 1.17. The van der Waals surface area contributed by atoms with Crippen LogP contribution in [0.25, 0.3) is 0 Å². The minimum atomic E-state index is -3.59.